The molecule has 0 atom stereocenters. The Labute approximate surface area is 209 Å². The first-order valence-electron chi connectivity index (χ1n) is 10.9. The van der Waals surface area contributed by atoms with Crippen LogP contribution < -0.4 is 19.1 Å². The predicted octanol–water partition coefficient (Wildman–Crippen LogP) is 4.72. The molecule has 9 heteroatoms. The summed E-state index contributed by atoms with van der Waals surface area (Å²) in [4.78, 5) is 13.3. The fourth-order valence-electron chi connectivity index (χ4n) is 3.66. The average Bonchev–Trinajstić information content (AvgIpc) is 3.32. The van der Waals surface area contributed by atoms with Crippen LogP contribution in [0.25, 0.3) is 10.1 Å². The maximum Gasteiger partial charge on any atom is 0.264 e. The number of hydrogen-bond acceptors (Lipinski definition) is 6. The van der Waals surface area contributed by atoms with Gasteiger partial charge in [-0.3, -0.25) is 9.10 Å². The van der Waals surface area contributed by atoms with E-state index in [0.29, 0.717) is 28.6 Å². The number of rotatable bonds is 9. The number of anilines is 1. The largest absolute Gasteiger partial charge is 0.493 e. The highest BCUT2D eigenvalue weighted by Crippen LogP contribution is 2.34. The van der Waals surface area contributed by atoms with Crippen molar-refractivity contribution in [2.24, 2.45) is 0 Å². The van der Waals surface area contributed by atoms with E-state index >= 15 is 0 Å². The summed E-state index contributed by atoms with van der Waals surface area (Å²) in [5.41, 5.74) is 1.65. The molecule has 0 aliphatic rings. The molecule has 0 aliphatic heterocycles. The number of nitrogens with zero attached hydrogens (tertiary/aromatic N) is 1. The highest BCUT2D eigenvalue weighted by Gasteiger charge is 2.23. The van der Waals surface area contributed by atoms with Crippen molar-refractivity contribution in [1.82, 2.24) is 5.32 Å². The van der Waals surface area contributed by atoms with Gasteiger partial charge in [0.1, 0.15) is 0 Å². The monoisotopic (exact) mass is 510 g/mol. The van der Waals surface area contributed by atoms with E-state index in [1.165, 1.54) is 49.0 Å². The van der Waals surface area contributed by atoms with E-state index in [4.69, 9.17) is 9.47 Å². The van der Waals surface area contributed by atoms with Crippen LogP contribution in [0.5, 0.6) is 11.5 Å². The summed E-state index contributed by atoms with van der Waals surface area (Å²) in [6.07, 6.45) is 0.750. The number of benzene rings is 3. The van der Waals surface area contributed by atoms with E-state index in [0.717, 1.165) is 22.1 Å². The Morgan fingerprint density at radius 3 is 2.40 bits per heavy atom. The molecule has 35 heavy (non-hydrogen) atoms. The third-order valence-electron chi connectivity index (χ3n) is 5.64. The molecule has 0 fully saturated rings. The summed E-state index contributed by atoms with van der Waals surface area (Å²) in [5.74, 6) is 0.636. The maximum atomic E-state index is 13.3. The zero-order valence-corrected chi connectivity index (χ0v) is 21.3. The Morgan fingerprint density at radius 2 is 1.69 bits per heavy atom. The molecule has 4 rings (SSSR count). The van der Waals surface area contributed by atoms with Crippen molar-refractivity contribution in [3.63, 3.8) is 0 Å². The molecule has 0 saturated heterocycles. The van der Waals surface area contributed by atoms with Crippen LogP contribution in [0.4, 0.5) is 5.69 Å². The highest BCUT2D eigenvalue weighted by molar-refractivity contribution is 7.92. The van der Waals surface area contributed by atoms with E-state index < -0.39 is 10.0 Å². The Kier molecular flexibility index (Phi) is 7.28. The molecule has 0 aliphatic carbocycles. The Bertz CT molecular complexity index is 1450. The number of nitrogens with one attached hydrogen (secondary N) is 1. The van der Waals surface area contributed by atoms with Crippen molar-refractivity contribution in [2.75, 3.05) is 32.1 Å². The quantitative estimate of drug-likeness (QED) is 0.352. The van der Waals surface area contributed by atoms with E-state index in [9.17, 15) is 13.2 Å². The molecule has 1 amide bonds. The smallest absolute Gasteiger partial charge is 0.264 e. The second kappa shape index (κ2) is 10.4. The van der Waals surface area contributed by atoms with E-state index in [2.05, 4.69) is 5.32 Å². The van der Waals surface area contributed by atoms with Gasteiger partial charge in [-0.1, -0.05) is 30.3 Å². The maximum absolute atomic E-state index is 13.3. The number of carbonyl (C=O) groups is 1. The minimum Gasteiger partial charge on any atom is -0.493 e. The van der Waals surface area contributed by atoms with Crippen LogP contribution in [0.1, 0.15) is 15.2 Å². The molecule has 0 radical (unpaired) electrons. The third-order valence-corrected chi connectivity index (χ3v) is 8.54. The first-order valence-corrected chi connectivity index (χ1v) is 13.2. The first kappa shape index (κ1) is 24.6. The zero-order valence-electron chi connectivity index (χ0n) is 19.6. The van der Waals surface area contributed by atoms with Gasteiger partial charge in [0.15, 0.2) is 11.5 Å². The second-order valence-electron chi connectivity index (χ2n) is 7.81. The lowest BCUT2D eigenvalue weighted by molar-refractivity contribution is 0.0958. The SMILES string of the molecule is COc1ccc(S(=O)(=O)N(C)c2ccc3sc(C(=O)NCCc4ccccc4)cc3c2)cc1OC. The van der Waals surface area contributed by atoms with Crippen LogP contribution in [0.3, 0.4) is 0 Å². The van der Waals surface area contributed by atoms with Crippen LogP contribution >= 0.6 is 11.3 Å². The number of sulfonamides is 1. The van der Waals surface area contributed by atoms with Gasteiger partial charge >= 0.3 is 0 Å². The number of hydrogen-bond donors (Lipinski definition) is 1. The van der Waals surface area contributed by atoms with Gasteiger partial charge in [-0.15, -0.1) is 11.3 Å². The molecular formula is C26H26N2O5S2. The molecule has 1 N–H and O–H groups in total. The number of thiophene rings is 1. The minimum atomic E-state index is -3.84. The van der Waals surface area contributed by atoms with Crippen LogP contribution in [-0.4, -0.2) is 42.1 Å². The molecule has 1 aromatic heterocycles. The van der Waals surface area contributed by atoms with Gasteiger partial charge < -0.3 is 14.8 Å². The van der Waals surface area contributed by atoms with Crippen molar-refractivity contribution in [3.8, 4) is 11.5 Å². The third kappa shape index (κ3) is 5.26. The van der Waals surface area contributed by atoms with Crippen molar-refractivity contribution in [1.29, 1.82) is 0 Å². The summed E-state index contributed by atoms with van der Waals surface area (Å²) >= 11 is 1.37. The van der Waals surface area contributed by atoms with Gasteiger partial charge in [-0.25, -0.2) is 8.42 Å². The standard InChI is InChI=1S/C26H26N2O5S2/c1-28(35(30,31)21-10-11-22(32-2)23(17-21)33-3)20-9-12-24-19(15-20)16-25(34-24)26(29)27-14-13-18-7-5-4-6-8-18/h4-12,15-17H,13-14H2,1-3H3,(H,27,29). The topological polar surface area (TPSA) is 84.9 Å². The first-order chi connectivity index (χ1) is 16.8. The normalized spacial score (nSPS) is 11.3. The number of amides is 1. The molecule has 4 aromatic rings. The van der Waals surface area contributed by atoms with E-state index in [-0.39, 0.29) is 10.8 Å². The van der Waals surface area contributed by atoms with Gasteiger partial charge in [-0.2, -0.15) is 0 Å². The Morgan fingerprint density at radius 1 is 0.943 bits per heavy atom. The molecule has 3 aromatic carbocycles. The molecule has 0 saturated carbocycles. The van der Waals surface area contributed by atoms with E-state index in [1.807, 2.05) is 36.4 Å². The fourth-order valence-corrected chi connectivity index (χ4v) is 5.83. The number of carbonyl (C=O) groups excluding carboxylic acids is 1. The van der Waals surface area contributed by atoms with Crippen molar-refractivity contribution in [2.45, 2.75) is 11.3 Å². The van der Waals surface area contributed by atoms with Gasteiger partial charge in [0.2, 0.25) is 0 Å². The van der Waals surface area contributed by atoms with Crippen molar-refractivity contribution >= 4 is 43.0 Å². The van der Waals surface area contributed by atoms with Gasteiger partial charge in [-0.05, 0) is 53.8 Å². The molecule has 7 nitrogen and oxygen atoms in total. The lowest BCUT2D eigenvalue weighted by Crippen LogP contribution is -2.26. The number of ether oxygens (including phenoxy) is 2. The van der Waals surface area contributed by atoms with E-state index in [1.54, 1.807) is 24.3 Å². The van der Waals surface area contributed by atoms with Crippen LogP contribution in [0, 0.1) is 0 Å². The lowest BCUT2D eigenvalue weighted by atomic mass is 10.1. The number of fused-ring (bicyclic) bond motifs is 1. The average molecular weight is 511 g/mol. The Balaban J connectivity index is 1.51. The summed E-state index contributed by atoms with van der Waals surface area (Å²) in [5, 5.41) is 3.76. The van der Waals surface area contributed by atoms with Crippen LogP contribution in [0.15, 0.2) is 77.7 Å². The van der Waals surface area contributed by atoms with Gasteiger partial charge in [0, 0.05) is 24.4 Å². The lowest BCUT2D eigenvalue weighted by Gasteiger charge is -2.20. The summed E-state index contributed by atoms with van der Waals surface area (Å²) in [6.45, 7) is 0.536. The highest BCUT2D eigenvalue weighted by atomic mass is 32.2. The minimum absolute atomic E-state index is 0.0848. The van der Waals surface area contributed by atoms with Crippen LogP contribution in [-0.2, 0) is 16.4 Å². The summed E-state index contributed by atoms with van der Waals surface area (Å²) in [7, 11) is 0.601. The molecule has 0 unspecified atom stereocenters. The molecule has 182 valence electrons. The van der Waals surface area contributed by atoms with Crippen molar-refractivity contribution in [3.05, 3.63) is 83.2 Å². The predicted molar refractivity (Wildman–Crippen MR) is 139 cm³/mol. The Hall–Kier alpha value is -3.56. The molecule has 0 spiro atoms. The van der Waals surface area contributed by atoms with Gasteiger partial charge in [0.25, 0.3) is 15.9 Å². The fraction of sp³-hybridized carbons (Fsp3) is 0.192. The van der Waals surface area contributed by atoms with Crippen molar-refractivity contribution < 1.29 is 22.7 Å². The summed E-state index contributed by atoms with van der Waals surface area (Å²) in [6, 6.07) is 21.6. The second-order valence-corrected chi connectivity index (χ2v) is 10.9. The van der Waals surface area contributed by atoms with Gasteiger partial charge in [0.05, 0.1) is 29.7 Å². The molecular weight excluding hydrogens is 484 g/mol. The summed E-state index contributed by atoms with van der Waals surface area (Å²) < 4.78 is 39.1. The number of methoxy groups -OCH3 is 2. The molecule has 0 bridgehead atoms. The van der Waals surface area contributed by atoms with Crippen LogP contribution in [0.2, 0.25) is 0 Å². The molecule has 1 heterocycles. The zero-order chi connectivity index (χ0) is 25.0.